The summed E-state index contributed by atoms with van der Waals surface area (Å²) in [6.45, 7) is 1.34. The van der Waals surface area contributed by atoms with Gasteiger partial charge in [-0.15, -0.1) is 0 Å². The minimum Gasteiger partial charge on any atom is -0.508 e. The van der Waals surface area contributed by atoms with Crippen LogP contribution in [0.25, 0.3) is 0 Å². The van der Waals surface area contributed by atoms with Gasteiger partial charge in [-0.25, -0.2) is 0 Å². The molecule has 0 aromatic heterocycles. The molecule has 31 heavy (non-hydrogen) atoms. The molecule has 0 aliphatic carbocycles. The molecule has 0 saturated carbocycles. The van der Waals surface area contributed by atoms with Crippen LogP contribution in [0, 0.1) is 10.1 Å². The summed E-state index contributed by atoms with van der Waals surface area (Å²) in [5.41, 5.74) is 2.25. The van der Waals surface area contributed by atoms with Crippen LogP contribution in [0.1, 0.15) is 11.7 Å². The standard InChI is InChI=1S/C23H23N3O5/c1-30-19-8-3-16(4-9-19)24-13-14-25(17-5-10-20(31-2)11-6-17)23(24)21-15-18(26(28)29)7-12-22(21)27/h3-12,15,23,27H,13-14H2,1-2H3. The zero-order valence-electron chi connectivity index (χ0n) is 17.3. The molecule has 3 aromatic carbocycles. The van der Waals surface area contributed by atoms with Gasteiger partial charge in [0.2, 0.25) is 0 Å². The molecule has 1 fully saturated rings. The summed E-state index contributed by atoms with van der Waals surface area (Å²) in [5, 5.41) is 22.0. The van der Waals surface area contributed by atoms with Gasteiger partial charge in [0.1, 0.15) is 23.4 Å². The van der Waals surface area contributed by atoms with Crippen molar-refractivity contribution in [1.29, 1.82) is 0 Å². The molecular formula is C23H23N3O5. The highest BCUT2D eigenvalue weighted by Crippen LogP contribution is 2.42. The number of ether oxygens (including phenoxy) is 2. The van der Waals surface area contributed by atoms with Crippen molar-refractivity contribution in [3.63, 3.8) is 0 Å². The molecule has 1 saturated heterocycles. The molecule has 160 valence electrons. The van der Waals surface area contributed by atoms with E-state index in [0.29, 0.717) is 18.7 Å². The van der Waals surface area contributed by atoms with Gasteiger partial charge in [0.25, 0.3) is 5.69 Å². The topological polar surface area (TPSA) is 88.3 Å². The van der Waals surface area contributed by atoms with E-state index in [1.54, 1.807) is 14.2 Å². The highest BCUT2D eigenvalue weighted by atomic mass is 16.6. The van der Waals surface area contributed by atoms with Gasteiger partial charge in [0, 0.05) is 42.2 Å². The minimum atomic E-state index is -0.451. The predicted molar refractivity (Wildman–Crippen MR) is 118 cm³/mol. The number of hydrogen-bond acceptors (Lipinski definition) is 7. The van der Waals surface area contributed by atoms with Crippen molar-refractivity contribution >= 4 is 17.1 Å². The molecule has 0 bridgehead atoms. The van der Waals surface area contributed by atoms with Crippen LogP contribution in [-0.4, -0.2) is 37.3 Å². The number of benzene rings is 3. The number of methoxy groups -OCH3 is 2. The molecule has 1 aliphatic rings. The average molecular weight is 421 g/mol. The fourth-order valence-electron chi connectivity index (χ4n) is 3.91. The van der Waals surface area contributed by atoms with Crippen molar-refractivity contribution in [1.82, 2.24) is 0 Å². The molecule has 1 aliphatic heterocycles. The number of phenols is 1. The van der Waals surface area contributed by atoms with Crippen molar-refractivity contribution in [2.45, 2.75) is 6.17 Å². The normalized spacial score (nSPS) is 14.0. The highest BCUT2D eigenvalue weighted by Gasteiger charge is 2.36. The summed E-state index contributed by atoms with van der Waals surface area (Å²) in [6, 6.07) is 19.4. The lowest BCUT2D eigenvalue weighted by Crippen LogP contribution is -2.31. The van der Waals surface area contributed by atoms with Crippen molar-refractivity contribution in [2.75, 3.05) is 37.1 Å². The molecule has 1 N–H and O–H groups in total. The summed E-state index contributed by atoms with van der Waals surface area (Å²) in [6.07, 6.45) is -0.429. The van der Waals surface area contributed by atoms with Gasteiger partial charge in [-0.3, -0.25) is 10.1 Å². The lowest BCUT2D eigenvalue weighted by molar-refractivity contribution is -0.385. The maximum Gasteiger partial charge on any atom is 0.270 e. The maximum absolute atomic E-state index is 11.4. The van der Waals surface area contributed by atoms with Crippen LogP contribution < -0.4 is 19.3 Å². The van der Waals surface area contributed by atoms with Gasteiger partial charge in [0.05, 0.1) is 19.1 Å². The summed E-state index contributed by atoms with van der Waals surface area (Å²) in [5.74, 6) is 1.49. The summed E-state index contributed by atoms with van der Waals surface area (Å²) in [7, 11) is 3.22. The summed E-state index contributed by atoms with van der Waals surface area (Å²) >= 11 is 0. The minimum absolute atomic E-state index is 0.00882. The fraction of sp³-hybridized carbons (Fsp3) is 0.217. The lowest BCUT2D eigenvalue weighted by atomic mass is 10.1. The number of anilines is 2. The first-order valence-electron chi connectivity index (χ1n) is 9.80. The maximum atomic E-state index is 11.4. The Balaban J connectivity index is 1.80. The van der Waals surface area contributed by atoms with Crippen LogP contribution in [0.4, 0.5) is 17.1 Å². The van der Waals surface area contributed by atoms with Crippen molar-refractivity contribution < 1.29 is 19.5 Å². The lowest BCUT2D eigenvalue weighted by Gasteiger charge is -2.33. The number of nitro benzene ring substituents is 1. The Morgan fingerprint density at radius 3 is 1.77 bits per heavy atom. The molecule has 4 rings (SSSR count). The molecule has 0 atom stereocenters. The Labute approximate surface area is 180 Å². The van der Waals surface area contributed by atoms with Gasteiger partial charge in [-0.1, -0.05) is 0 Å². The Morgan fingerprint density at radius 1 is 0.871 bits per heavy atom. The SMILES string of the molecule is COc1ccc(N2CCN(c3ccc(OC)cc3)C2c2cc([N+](=O)[O-])ccc2O)cc1. The molecular weight excluding hydrogens is 398 g/mol. The highest BCUT2D eigenvalue weighted by molar-refractivity contribution is 5.62. The van der Waals surface area contributed by atoms with E-state index >= 15 is 0 Å². The van der Waals surface area contributed by atoms with E-state index in [4.69, 9.17) is 9.47 Å². The average Bonchev–Trinajstić information content (AvgIpc) is 3.24. The summed E-state index contributed by atoms with van der Waals surface area (Å²) < 4.78 is 10.5. The van der Waals surface area contributed by atoms with Crippen molar-refractivity contribution in [2.24, 2.45) is 0 Å². The third-order valence-corrected chi connectivity index (χ3v) is 5.48. The second-order valence-electron chi connectivity index (χ2n) is 7.16. The Bertz CT molecular complexity index is 1010. The van der Waals surface area contributed by atoms with Crippen LogP contribution in [0.3, 0.4) is 0 Å². The third-order valence-electron chi connectivity index (χ3n) is 5.48. The smallest absolute Gasteiger partial charge is 0.270 e. The zero-order chi connectivity index (χ0) is 22.0. The molecule has 8 nitrogen and oxygen atoms in total. The number of nitrogens with zero attached hydrogens (tertiary/aromatic N) is 3. The van der Waals surface area contributed by atoms with E-state index in [-0.39, 0.29) is 11.4 Å². The van der Waals surface area contributed by atoms with Crippen LogP contribution in [0.15, 0.2) is 66.7 Å². The largest absolute Gasteiger partial charge is 0.508 e. The third kappa shape index (κ3) is 3.92. The van der Waals surface area contributed by atoms with Crippen molar-refractivity contribution in [3.8, 4) is 17.2 Å². The molecule has 0 spiro atoms. The van der Waals surface area contributed by atoms with Crippen LogP contribution in [0.2, 0.25) is 0 Å². The molecule has 3 aromatic rings. The van der Waals surface area contributed by atoms with Crippen molar-refractivity contribution in [3.05, 3.63) is 82.4 Å². The van der Waals surface area contributed by atoms with E-state index in [1.165, 1.54) is 18.2 Å². The molecule has 0 unspecified atom stereocenters. The van der Waals surface area contributed by atoms with E-state index < -0.39 is 11.1 Å². The quantitative estimate of drug-likeness (QED) is 0.468. The Hall–Kier alpha value is -3.94. The van der Waals surface area contributed by atoms with Gasteiger partial charge >= 0.3 is 0 Å². The first kappa shape index (κ1) is 20.3. The summed E-state index contributed by atoms with van der Waals surface area (Å²) in [4.78, 5) is 15.2. The van der Waals surface area contributed by atoms with Gasteiger partial charge < -0.3 is 24.4 Å². The van der Waals surface area contributed by atoms with E-state index in [2.05, 4.69) is 9.80 Å². The number of non-ortho nitro benzene ring substituents is 1. The van der Waals surface area contributed by atoms with Crippen LogP contribution in [-0.2, 0) is 0 Å². The van der Waals surface area contributed by atoms with Crippen LogP contribution >= 0.6 is 0 Å². The number of phenolic OH excluding ortho intramolecular Hbond substituents is 1. The number of hydrogen-bond donors (Lipinski definition) is 1. The first-order chi connectivity index (χ1) is 15.0. The molecule has 1 heterocycles. The number of aromatic hydroxyl groups is 1. The van der Waals surface area contributed by atoms with E-state index in [0.717, 1.165) is 22.9 Å². The number of nitro groups is 1. The van der Waals surface area contributed by atoms with E-state index in [9.17, 15) is 15.2 Å². The molecule has 8 heteroatoms. The predicted octanol–water partition coefficient (Wildman–Crippen LogP) is 4.34. The monoisotopic (exact) mass is 421 g/mol. The van der Waals surface area contributed by atoms with E-state index in [1.807, 2.05) is 48.5 Å². The van der Waals surface area contributed by atoms with Gasteiger partial charge in [-0.05, 0) is 54.6 Å². The second-order valence-corrected chi connectivity index (χ2v) is 7.16. The number of rotatable bonds is 6. The molecule has 0 radical (unpaired) electrons. The fourth-order valence-corrected chi connectivity index (χ4v) is 3.91. The molecule has 0 amide bonds. The first-order valence-corrected chi connectivity index (χ1v) is 9.80. The van der Waals surface area contributed by atoms with Gasteiger partial charge in [0.15, 0.2) is 0 Å². The zero-order valence-corrected chi connectivity index (χ0v) is 17.3. The van der Waals surface area contributed by atoms with Gasteiger partial charge in [-0.2, -0.15) is 0 Å². The second kappa shape index (κ2) is 8.43. The Morgan fingerprint density at radius 2 is 1.35 bits per heavy atom. The Kier molecular flexibility index (Phi) is 5.53. The van der Waals surface area contributed by atoms with Crippen LogP contribution in [0.5, 0.6) is 17.2 Å².